The molecule has 0 bridgehead atoms. The Morgan fingerprint density at radius 2 is 1.62 bits per heavy atom. The summed E-state index contributed by atoms with van der Waals surface area (Å²) in [7, 11) is 0. The molecule has 0 aliphatic heterocycles. The Hall–Kier alpha value is -1.11. The molecule has 0 saturated heterocycles. The molecule has 1 aromatic rings. The van der Waals surface area contributed by atoms with Crippen molar-refractivity contribution >= 4 is 34.5 Å². The molecule has 0 fully saturated rings. The molecule has 16 heavy (non-hydrogen) atoms. The standard InChI is InChI=1S/C11H11IO4/c1-2-15-10(13)8-5-3-4-6-9(8)11(14)16-7-12/h3-6H,2,7H2,1H3. The van der Waals surface area contributed by atoms with E-state index in [4.69, 9.17) is 9.47 Å². The Morgan fingerprint density at radius 1 is 1.12 bits per heavy atom. The number of alkyl halides is 1. The second-order valence-electron chi connectivity index (χ2n) is 2.81. The summed E-state index contributed by atoms with van der Waals surface area (Å²) in [5.74, 6) is -1.03. The van der Waals surface area contributed by atoms with Crippen LogP contribution in [0.4, 0.5) is 0 Å². The number of carbonyl (C=O) groups is 2. The van der Waals surface area contributed by atoms with Gasteiger partial charge in [0, 0.05) is 0 Å². The van der Waals surface area contributed by atoms with Crippen LogP contribution in [-0.4, -0.2) is 23.2 Å². The van der Waals surface area contributed by atoms with E-state index in [0.717, 1.165) is 0 Å². The predicted octanol–water partition coefficient (Wildman–Crippen LogP) is 2.41. The first-order chi connectivity index (χ1) is 7.70. The molecule has 0 N–H and O–H groups in total. The van der Waals surface area contributed by atoms with E-state index >= 15 is 0 Å². The zero-order valence-corrected chi connectivity index (χ0v) is 10.9. The molecule has 0 atom stereocenters. The Labute approximate surface area is 107 Å². The number of hydrogen-bond donors (Lipinski definition) is 0. The predicted molar refractivity (Wildman–Crippen MR) is 66.7 cm³/mol. The molecule has 0 heterocycles. The minimum absolute atomic E-state index is 0.234. The van der Waals surface area contributed by atoms with Crippen LogP contribution in [0.3, 0.4) is 0 Å². The fourth-order valence-electron chi connectivity index (χ4n) is 1.18. The molecule has 5 heteroatoms. The number of ether oxygens (including phenoxy) is 2. The fraction of sp³-hybridized carbons (Fsp3) is 0.273. The molecule has 1 aromatic carbocycles. The van der Waals surface area contributed by atoms with Crippen molar-refractivity contribution in [2.24, 2.45) is 0 Å². The highest BCUT2D eigenvalue weighted by molar-refractivity contribution is 14.1. The van der Waals surface area contributed by atoms with E-state index < -0.39 is 11.9 Å². The van der Waals surface area contributed by atoms with Crippen LogP contribution in [0, 0.1) is 0 Å². The maximum Gasteiger partial charge on any atom is 0.339 e. The van der Waals surface area contributed by atoms with Gasteiger partial charge in [0.25, 0.3) is 0 Å². The van der Waals surface area contributed by atoms with E-state index in [1.54, 1.807) is 31.2 Å². The van der Waals surface area contributed by atoms with E-state index in [0.29, 0.717) is 0 Å². The summed E-state index contributed by atoms with van der Waals surface area (Å²) >= 11 is 1.92. The normalized spacial score (nSPS) is 9.62. The van der Waals surface area contributed by atoms with E-state index in [1.807, 2.05) is 22.6 Å². The quantitative estimate of drug-likeness (QED) is 0.482. The highest BCUT2D eigenvalue weighted by Crippen LogP contribution is 2.12. The first-order valence-corrected chi connectivity index (χ1v) is 6.22. The molecule has 86 valence electrons. The Bertz CT molecular complexity index is 352. The van der Waals surface area contributed by atoms with Gasteiger partial charge >= 0.3 is 11.9 Å². The maximum absolute atomic E-state index is 11.5. The van der Waals surface area contributed by atoms with Gasteiger partial charge in [-0.25, -0.2) is 9.59 Å². The highest BCUT2D eigenvalue weighted by Gasteiger charge is 2.17. The summed E-state index contributed by atoms with van der Waals surface area (Å²) in [6, 6.07) is 6.43. The van der Waals surface area contributed by atoms with Crippen LogP contribution >= 0.6 is 22.6 Å². The van der Waals surface area contributed by atoms with Gasteiger partial charge in [-0.05, 0) is 41.6 Å². The molecule has 0 saturated carbocycles. The number of rotatable bonds is 4. The van der Waals surface area contributed by atoms with Crippen LogP contribution in [0.15, 0.2) is 24.3 Å². The maximum atomic E-state index is 11.5. The molecule has 0 aliphatic carbocycles. The van der Waals surface area contributed by atoms with Gasteiger partial charge < -0.3 is 9.47 Å². The Kier molecular flexibility index (Phi) is 5.24. The van der Waals surface area contributed by atoms with Crippen LogP contribution in [-0.2, 0) is 9.47 Å². The van der Waals surface area contributed by atoms with Gasteiger partial charge in [0.05, 0.1) is 17.7 Å². The second-order valence-corrected chi connectivity index (χ2v) is 3.43. The van der Waals surface area contributed by atoms with E-state index in [2.05, 4.69) is 0 Å². The molecule has 0 spiro atoms. The monoisotopic (exact) mass is 334 g/mol. The molecule has 0 aromatic heterocycles. The van der Waals surface area contributed by atoms with E-state index in [1.165, 1.54) is 0 Å². The highest BCUT2D eigenvalue weighted by atomic mass is 127. The van der Waals surface area contributed by atoms with Gasteiger partial charge in [0.2, 0.25) is 0 Å². The number of esters is 2. The van der Waals surface area contributed by atoms with Crippen molar-refractivity contribution < 1.29 is 19.1 Å². The molecular weight excluding hydrogens is 323 g/mol. The minimum Gasteiger partial charge on any atom is -0.462 e. The number of benzene rings is 1. The third-order valence-electron chi connectivity index (χ3n) is 1.83. The summed E-state index contributed by atoms with van der Waals surface area (Å²) in [5, 5.41) is 0. The van der Waals surface area contributed by atoms with Crippen molar-refractivity contribution in [3.05, 3.63) is 35.4 Å². The van der Waals surface area contributed by atoms with Gasteiger partial charge in [-0.1, -0.05) is 12.1 Å². The van der Waals surface area contributed by atoms with Crippen LogP contribution in [0.2, 0.25) is 0 Å². The summed E-state index contributed by atoms with van der Waals surface area (Å²) < 4.78 is 9.93. The number of hydrogen-bond acceptors (Lipinski definition) is 4. The topological polar surface area (TPSA) is 52.6 Å². The van der Waals surface area contributed by atoms with E-state index in [9.17, 15) is 9.59 Å². The van der Waals surface area contributed by atoms with Gasteiger partial charge in [-0.2, -0.15) is 0 Å². The van der Waals surface area contributed by atoms with Crippen molar-refractivity contribution in [1.29, 1.82) is 0 Å². The van der Waals surface area contributed by atoms with Gasteiger partial charge in [-0.15, -0.1) is 0 Å². The average molecular weight is 334 g/mol. The summed E-state index contributed by atoms with van der Waals surface area (Å²) in [6.45, 7) is 1.98. The largest absolute Gasteiger partial charge is 0.462 e. The second kappa shape index (κ2) is 6.47. The molecule has 4 nitrogen and oxygen atoms in total. The lowest BCUT2D eigenvalue weighted by molar-refractivity contribution is 0.0502. The van der Waals surface area contributed by atoms with Crippen molar-refractivity contribution in [2.75, 3.05) is 11.2 Å². The zero-order chi connectivity index (χ0) is 12.0. The van der Waals surface area contributed by atoms with Crippen LogP contribution in [0.25, 0.3) is 0 Å². The molecule has 0 aliphatic rings. The zero-order valence-electron chi connectivity index (χ0n) is 8.73. The lowest BCUT2D eigenvalue weighted by Crippen LogP contribution is -2.13. The number of carbonyl (C=O) groups excluding carboxylic acids is 2. The SMILES string of the molecule is CCOC(=O)c1ccccc1C(=O)OCI. The Balaban J connectivity index is 3.00. The smallest absolute Gasteiger partial charge is 0.339 e. The third-order valence-corrected chi connectivity index (χ3v) is 2.14. The van der Waals surface area contributed by atoms with Crippen LogP contribution in [0.1, 0.15) is 27.6 Å². The first kappa shape index (κ1) is 13.0. The van der Waals surface area contributed by atoms with Crippen molar-refractivity contribution in [3.8, 4) is 0 Å². The first-order valence-electron chi connectivity index (χ1n) is 4.70. The number of halogens is 1. The van der Waals surface area contributed by atoms with E-state index in [-0.39, 0.29) is 22.3 Å². The summed E-state index contributed by atoms with van der Waals surface area (Å²) in [6.07, 6.45) is 0. The van der Waals surface area contributed by atoms with Crippen LogP contribution < -0.4 is 0 Å². The fourth-order valence-corrected chi connectivity index (χ4v) is 1.46. The van der Waals surface area contributed by atoms with Gasteiger partial charge in [-0.3, -0.25) is 0 Å². The van der Waals surface area contributed by atoms with Crippen molar-refractivity contribution in [3.63, 3.8) is 0 Å². The van der Waals surface area contributed by atoms with Crippen molar-refractivity contribution in [2.45, 2.75) is 6.92 Å². The van der Waals surface area contributed by atoms with Crippen LogP contribution in [0.5, 0.6) is 0 Å². The molecule has 1 rings (SSSR count). The summed E-state index contributed by atoms with van der Waals surface area (Å²) in [5.41, 5.74) is 0.469. The Morgan fingerprint density at radius 3 is 2.06 bits per heavy atom. The lowest BCUT2D eigenvalue weighted by atomic mass is 10.1. The van der Waals surface area contributed by atoms with Crippen molar-refractivity contribution in [1.82, 2.24) is 0 Å². The lowest BCUT2D eigenvalue weighted by Gasteiger charge is -2.07. The minimum atomic E-state index is -0.516. The molecule has 0 radical (unpaired) electrons. The molecular formula is C11H11IO4. The van der Waals surface area contributed by atoms with Gasteiger partial charge in [0.15, 0.2) is 0 Å². The third kappa shape index (κ3) is 3.19. The summed E-state index contributed by atoms with van der Waals surface area (Å²) in [4.78, 5) is 23.1. The molecule has 0 unspecified atom stereocenters. The average Bonchev–Trinajstić information content (AvgIpc) is 2.30. The van der Waals surface area contributed by atoms with Gasteiger partial charge in [0.1, 0.15) is 4.61 Å². The molecule has 0 amide bonds.